The molecule has 0 aliphatic heterocycles. The molecule has 1 unspecified atom stereocenters. The van der Waals surface area contributed by atoms with Crippen molar-refractivity contribution < 1.29 is 14.3 Å². The highest BCUT2D eigenvalue weighted by atomic mass is 35.5. The lowest BCUT2D eigenvalue weighted by atomic mass is 10.2. The topological polar surface area (TPSA) is 60.3 Å². The first-order chi connectivity index (χ1) is 12.6. The van der Waals surface area contributed by atoms with Crippen LogP contribution in [0, 0.1) is 0 Å². The number of rotatable bonds is 6. The number of carbonyl (C=O) groups is 2. The summed E-state index contributed by atoms with van der Waals surface area (Å²) in [6, 6.07) is 12.8. The molecule has 0 aliphatic rings. The summed E-state index contributed by atoms with van der Waals surface area (Å²) in [4.78, 5) is 25.1. The highest BCUT2D eigenvalue weighted by molar-refractivity contribution is 7.12. The molecule has 1 atom stereocenters. The van der Waals surface area contributed by atoms with Crippen LogP contribution in [0.25, 0.3) is 5.69 Å². The molecular weight excluding hydrogens is 372 g/mol. The predicted molar refractivity (Wildman–Crippen MR) is 102 cm³/mol. The number of amides is 1. The van der Waals surface area contributed by atoms with Crippen molar-refractivity contribution in [3.63, 3.8) is 0 Å². The Morgan fingerprint density at radius 2 is 1.92 bits per heavy atom. The largest absolute Gasteiger partial charge is 0.448 e. The van der Waals surface area contributed by atoms with E-state index in [-0.39, 0.29) is 12.5 Å². The molecule has 0 bridgehead atoms. The first kappa shape index (κ1) is 18.2. The third-order valence-corrected chi connectivity index (χ3v) is 5.03. The van der Waals surface area contributed by atoms with E-state index in [4.69, 9.17) is 16.3 Å². The van der Waals surface area contributed by atoms with Crippen LogP contribution in [-0.2, 0) is 16.1 Å². The quantitative estimate of drug-likeness (QED) is 0.648. The SMILES string of the molecule is CC(OC(=O)c1sccc1-n1cccc1)C(=O)NCc1ccccc1Cl. The molecule has 0 fully saturated rings. The number of benzene rings is 1. The number of nitrogens with one attached hydrogen (secondary N) is 1. The molecule has 5 nitrogen and oxygen atoms in total. The second kappa shape index (κ2) is 8.21. The number of thiophene rings is 1. The Morgan fingerprint density at radius 1 is 1.19 bits per heavy atom. The Bertz CT molecular complexity index is 905. The maximum atomic E-state index is 12.4. The normalized spacial score (nSPS) is 11.8. The van der Waals surface area contributed by atoms with Crippen molar-refractivity contribution in [3.8, 4) is 5.69 Å². The Labute approximate surface area is 160 Å². The number of ether oxygens (including phenoxy) is 1. The van der Waals surface area contributed by atoms with Gasteiger partial charge in [0, 0.05) is 24.0 Å². The van der Waals surface area contributed by atoms with Gasteiger partial charge < -0.3 is 14.6 Å². The van der Waals surface area contributed by atoms with Gasteiger partial charge in [0.1, 0.15) is 4.88 Å². The van der Waals surface area contributed by atoms with Crippen LogP contribution in [0.15, 0.2) is 60.2 Å². The zero-order chi connectivity index (χ0) is 18.5. The Balaban J connectivity index is 1.60. The summed E-state index contributed by atoms with van der Waals surface area (Å²) in [7, 11) is 0. The van der Waals surface area contributed by atoms with Crippen LogP contribution in [0.3, 0.4) is 0 Å². The summed E-state index contributed by atoms with van der Waals surface area (Å²) >= 11 is 7.35. The third kappa shape index (κ3) is 4.15. The molecule has 1 aromatic carbocycles. The average molecular weight is 389 g/mol. The van der Waals surface area contributed by atoms with Gasteiger partial charge in [-0.25, -0.2) is 4.79 Å². The van der Waals surface area contributed by atoms with Gasteiger partial charge in [0.15, 0.2) is 6.10 Å². The van der Waals surface area contributed by atoms with Gasteiger partial charge in [0.05, 0.1) is 5.69 Å². The highest BCUT2D eigenvalue weighted by Crippen LogP contribution is 2.23. The minimum atomic E-state index is -0.912. The van der Waals surface area contributed by atoms with Gasteiger partial charge in [0.25, 0.3) is 5.91 Å². The van der Waals surface area contributed by atoms with E-state index in [2.05, 4.69) is 5.32 Å². The van der Waals surface area contributed by atoms with Gasteiger partial charge in [-0.15, -0.1) is 11.3 Å². The first-order valence-corrected chi connectivity index (χ1v) is 9.25. The van der Waals surface area contributed by atoms with Crippen molar-refractivity contribution in [2.75, 3.05) is 0 Å². The first-order valence-electron chi connectivity index (χ1n) is 7.99. The molecule has 2 aromatic heterocycles. The molecular formula is C19H17ClN2O3S. The predicted octanol–water partition coefficient (Wildman–Crippen LogP) is 4.05. The van der Waals surface area contributed by atoms with E-state index in [9.17, 15) is 9.59 Å². The van der Waals surface area contributed by atoms with Crippen molar-refractivity contribution in [3.05, 3.63) is 75.7 Å². The van der Waals surface area contributed by atoms with Crippen LogP contribution < -0.4 is 5.32 Å². The Kier molecular flexibility index (Phi) is 5.75. The lowest BCUT2D eigenvalue weighted by Gasteiger charge is -2.14. The van der Waals surface area contributed by atoms with Crippen LogP contribution in [-0.4, -0.2) is 22.5 Å². The van der Waals surface area contributed by atoms with E-state index in [0.29, 0.717) is 9.90 Å². The van der Waals surface area contributed by atoms with E-state index >= 15 is 0 Å². The van der Waals surface area contributed by atoms with Crippen molar-refractivity contribution in [2.45, 2.75) is 19.6 Å². The van der Waals surface area contributed by atoms with E-state index < -0.39 is 12.1 Å². The van der Waals surface area contributed by atoms with Crippen LogP contribution in [0.1, 0.15) is 22.2 Å². The molecule has 0 saturated heterocycles. The molecule has 26 heavy (non-hydrogen) atoms. The number of aromatic nitrogens is 1. The molecule has 3 rings (SSSR count). The maximum absolute atomic E-state index is 12.4. The van der Waals surface area contributed by atoms with E-state index in [1.165, 1.54) is 11.3 Å². The molecule has 3 aromatic rings. The molecule has 0 spiro atoms. The fourth-order valence-electron chi connectivity index (χ4n) is 2.39. The number of esters is 1. The van der Waals surface area contributed by atoms with Gasteiger partial charge >= 0.3 is 5.97 Å². The maximum Gasteiger partial charge on any atom is 0.351 e. The van der Waals surface area contributed by atoms with Crippen molar-refractivity contribution in [2.24, 2.45) is 0 Å². The van der Waals surface area contributed by atoms with Crippen LogP contribution in [0.2, 0.25) is 5.02 Å². The van der Waals surface area contributed by atoms with Crippen molar-refractivity contribution >= 4 is 34.8 Å². The van der Waals surface area contributed by atoms with Gasteiger partial charge in [-0.05, 0) is 42.1 Å². The molecule has 0 radical (unpaired) electrons. The number of hydrogen-bond acceptors (Lipinski definition) is 4. The van der Waals surface area contributed by atoms with E-state index in [1.54, 1.807) is 13.0 Å². The summed E-state index contributed by atoms with van der Waals surface area (Å²) in [6.45, 7) is 1.82. The second-order valence-electron chi connectivity index (χ2n) is 5.58. The summed E-state index contributed by atoms with van der Waals surface area (Å²) in [5, 5.41) is 5.12. The van der Waals surface area contributed by atoms with Crippen LogP contribution in [0.4, 0.5) is 0 Å². The number of carbonyl (C=O) groups excluding carboxylic acids is 2. The zero-order valence-electron chi connectivity index (χ0n) is 14.0. The van der Waals surface area contributed by atoms with Crippen molar-refractivity contribution in [1.29, 1.82) is 0 Å². The second-order valence-corrected chi connectivity index (χ2v) is 6.91. The van der Waals surface area contributed by atoms with Crippen LogP contribution >= 0.6 is 22.9 Å². The summed E-state index contributed by atoms with van der Waals surface area (Å²) in [5.74, 6) is -0.901. The monoisotopic (exact) mass is 388 g/mol. The summed E-state index contributed by atoms with van der Waals surface area (Å²) in [6.07, 6.45) is 2.78. The number of hydrogen-bond donors (Lipinski definition) is 1. The molecule has 1 amide bonds. The van der Waals surface area contributed by atoms with Crippen molar-refractivity contribution in [1.82, 2.24) is 9.88 Å². The fraction of sp³-hybridized carbons (Fsp3) is 0.158. The molecule has 7 heteroatoms. The lowest BCUT2D eigenvalue weighted by molar-refractivity contribution is -0.129. The smallest absolute Gasteiger partial charge is 0.351 e. The van der Waals surface area contributed by atoms with Gasteiger partial charge in [0.2, 0.25) is 0 Å². The minimum Gasteiger partial charge on any atom is -0.448 e. The Hall–Kier alpha value is -2.57. The fourth-order valence-corrected chi connectivity index (χ4v) is 3.36. The summed E-state index contributed by atoms with van der Waals surface area (Å²) < 4.78 is 7.16. The van der Waals surface area contributed by atoms with Gasteiger partial charge in [-0.1, -0.05) is 29.8 Å². The molecule has 1 N–H and O–H groups in total. The average Bonchev–Trinajstić information content (AvgIpc) is 3.31. The highest BCUT2D eigenvalue weighted by Gasteiger charge is 2.22. The number of halogens is 1. The van der Waals surface area contributed by atoms with E-state index in [0.717, 1.165) is 11.3 Å². The molecule has 0 aliphatic carbocycles. The van der Waals surface area contributed by atoms with Crippen LogP contribution in [0.5, 0.6) is 0 Å². The zero-order valence-corrected chi connectivity index (χ0v) is 15.6. The number of nitrogens with zero attached hydrogens (tertiary/aromatic N) is 1. The Morgan fingerprint density at radius 3 is 2.65 bits per heavy atom. The molecule has 2 heterocycles. The third-order valence-electron chi connectivity index (χ3n) is 3.78. The lowest BCUT2D eigenvalue weighted by Crippen LogP contribution is -2.35. The van der Waals surface area contributed by atoms with E-state index in [1.807, 2.05) is 58.7 Å². The van der Waals surface area contributed by atoms with Gasteiger partial charge in [-0.2, -0.15) is 0 Å². The molecule has 134 valence electrons. The standard InChI is InChI=1S/C19H17ClN2O3S/c1-13(18(23)21-12-14-6-2-3-7-15(14)20)25-19(24)17-16(8-11-26-17)22-9-4-5-10-22/h2-11,13H,12H2,1H3,(H,21,23). The minimum absolute atomic E-state index is 0.272. The van der Waals surface area contributed by atoms with Gasteiger partial charge in [-0.3, -0.25) is 4.79 Å². The summed E-state index contributed by atoms with van der Waals surface area (Å²) in [5.41, 5.74) is 1.53. The molecule has 0 saturated carbocycles.